The summed E-state index contributed by atoms with van der Waals surface area (Å²) in [6.07, 6.45) is 2.83. The first-order chi connectivity index (χ1) is 16.6. The number of carbonyl (C=O) groups is 2. The van der Waals surface area contributed by atoms with Crippen LogP contribution in [0.4, 0.5) is 5.69 Å². The lowest BCUT2D eigenvalue weighted by Crippen LogP contribution is -2.43. The number of hydrogen-bond acceptors (Lipinski definition) is 7. The zero-order valence-electron chi connectivity index (χ0n) is 19.3. The molecule has 2 aromatic carbocycles. The Kier molecular flexibility index (Phi) is 7.41. The zero-order valence-corrected chi connectivity index (χ0v) is 19.3. The summed E-state index contributed by atoms with van der Waals surface area (Å²) >= 11 is 0. The van der Waals surface area contributed by atoms with E-state index >= 15 is 0 Å². The quantitative estimate of drug-likeness (QED) is 0.514. The van der Waals surface area contributed by atoms with E-state index in [1.54, 1.807) is 43.4 Å². The van der Waals surface area contributed by atoms with Crippen molar-refractivity contribution in [2.45, 2.75) is 38.1 Å². The standard InChI is InChI=1S/C25H28N4O5/c1-32-19-12-8-17(9-13-19)24-27-22(34-28-24)6-3-7-23(30)29-16-4-5-21(29)25(31)26-18-10-14-20(33-2)15-11-18/h8-15,21H,3-7,16H2,1-2H3,(H,26,31). The predicted octanol–water partition coefficient (Wildman–Crippen LogP) is 3.71. The van der Waals surface area contributed by atoms with Gasteiger partial charge >= 0.3 is 0 Å². The lowest BCUT2D eigenvalue weighted by molar-refractivity contribution is -0.136. The number of aryl methyl sites for hydroxylation is 1. The van der Waals surface area contributed by atoms with Crippen LogP contribution in [0.5, 0.6) is 11.5 Å². The van der Waals surface area contributed by atoms with Crippen molar-refractivity contribution >= 4 is 17.5 Å². The van der Waals surface area contributed by atoms with E-state index in [0.717, 1.165) is 17.7 Å². The van der Waals surface area contributed by atoms with Crippen molar-refractivity contribution < 1.29 is 23.6 Å². The maximum Gasteiger partial charge on any atom is 0.247 e. The van der Waals surface area contributed by atoms with E-state index in [0.29, 0.717) is 55.4 Å². The third-order valence-corrected chi connectivity index (χ3v) is 5.83. The second-order valence-electron chi connectivity index (χ2n) is 8.06. The van der Waals surface area contributed by atoms with Crippen LogP contribution >= 0.6 is 0 Å². The highest BCUT2D eigenvalue weighted by Gasteiger charge is 2.33. The molecule has 1 aliphatic heterocycles. The Morgan fingerprint density at radius 3 is 2.41 bits per heavy atom. The average molecular weight is 465 g/mol. The molecule has 0 aliphatic carbocycles. The summed E-state index contributed by atoms with van der Waals surface area (Å²) < 4.78 is 15.6. The van der Waals surface area contributed by atoms with Crippen LogP contribution in [-0.4, -0.2) is 53.7 Å². The van der Waals surface area contributed by atoms with Gasteiger partial charge in [-0.3, -0.25) is 9.59 Å². The zero-order chi connectivity index (χ0) is 23.9. The Hall–Kier alpha value is -3.88. The average Bonchev–Trinajstić information content (AvgIpc) is 3.55. The molecule has 0 bridgehead atoms. The number of ether oxygens (including phenoxy) is 2. The Balaban J connectivity index is 1.27. The molecule has 1 atom stereocenters. The number of benzene rings is 2. The van der Waals surface area contributed by atoms with Gasteiger partial charge in [-0.2, -0.15) is 4.98 Å². The minimum absolute atomic E-state index is 0.0396. The molecular formula is C25H28N4O5. The van der Waals surface area contributed by atoms with Crippen molar-refractivity contribution in [1.29, 1.82) is 0 Å². The van der Waals surface area contributed by atoms with Crippen LogP contribution in [0.2, 0.25) is 0 Å². The molecule has 1 aliphatic rings. The molecule has 34 heavy (non-hydrogen) atoms. The van der Waals surface area contributed by atoms with Crippen LogP contribution in [0.3, 0.4) is 0 Å². The summed E-state index contributed by atoms with van der Waals surface area (Å²) in [5, 5.41) is 6.92. The highest BCUT2D eigenvalue weighted by molar-refractivity contribution is 5.97. The minimum atomic E-state index is -0.459. The highest BCUT2D eigenvalue weighted by Crippen LogP contribution is 2.23. The molecule has 1 aromatic heterocycles. The van der Waals surface area contributed by atoms with Crippen molar-refractivity contribution in [3.63, 3.8) is 0 Å². The van der Waals surface area contributed by atoms with Gasteiger partial charge in [0.2, 0.25) is 23.5 Å². The lowest BCUT2D eigenvalue weighted by Gasteiger charge is -2.24. The largest absolute Gasteiger partial charge is 0.497 e. The summed E-state index contributed by atoms with van der Waals surface area (Å²) in [4.78, 5) is 31.7. The van der Waals surface area contributed by atoms with Crippen molar-refractivity contribution in [1.82, 2.24) is 15.0 Å². The molecule has 1 fully saturated rings. The van der Waals surface area contributed by atoms with Gasteiger partial charge in [-0.05, 0) is 67.8 Å². The van der Waals surface area contributed by atoms with E-state index in [2.05, 4.69) is 15.5 Å². The fourth-order valence-electron chi connectivity index (χ4n) is 3.99. The van der Waals surface area contributed by atoms with E-state index in [4.69, 9.17) is 14.0 Å². The van der Waals surface area contributed by atoms with E-state index in [9.17, 15) is 9.59 Å². The number of nitrogens with zero attached hydrogens (tertiary/aromatic N) is 3. The molecule has 9 nitrogen and oxygen atoms in total. The summed E-state index contributed by atoms with van der Waals surface area (Å²) in [5.74, 6) is 2.24. The first-order valence-corrected chi connectivity index (χ1v) is 11.3. The van der Waals surface area contributed by atoms with Crippen LogP contribution in [-0.2, 0) is 16.0 Å². The number of rotatable bonds is 9. The topological polar surface area (TPSA) is 107 Å². The van der Waals surface area contributed by atoms with E-state index in [-0.39, 0.29) is 11.8 Å². The number of nitrogens with one attached hydrogen (secondary N) is 1. The van der Waals surface area contributed by atoms with Gasteiger partial charge in [-0.15, -0.1) is 0 Å². The van der Waals surface area contributed by atoms with Gasteiger partial charge in [0.05, 0.1) is 14.2 Å². The molecule has 178 valence electrons. The van der Waals surface area contributed by atoms with Gasteiger partial charge in [-0.1, -0.05) is 5.16 Å². The van der Waals surface area contributed by atoms with Gasteiger partial charge in [-0.25, -0.2) is 0 Å². The number of anilines is 1. The summed E-state index contributed by atoms with van der Waals surface area (Å²) in [7, 11) is 3.20. The number of aromatic nitrogens is 2. The van der Waals surface area contributed by atoms with Gasteiger partial charge in [0.25, 0.3) is 0 Å². The Labute approximate surface area is 198 Å². The molecule has 1 N–H and O–H groups in total. The normalized spacial score (nSPS) is 15.2. The fourth-order valence-corrected chi connectivity index (χ4v) is 3.99. The van der Waals surface area contributed by atoms with Gasteiger partial charge in [0.15, 0.2) is 0 Å². The lowest BCUT2D eigenvalue weighted by atomic mass is 10.1. The molecular weight excluding hydrogens is 436 g/mol. The molecule has 1 saturated heterocycles. The number of hydrogen-bond donors (Lipinski definition) is 1. The molecule has 9 heteroatoms. The second-order valence-corrected chi connectivity index (χ2v) is 8.06. The first-order valence-electron chi connectivity index (χ1n) is 11.3. The third-order valence-electron chi connectivity index (χ3n) is 5.83. The van der Waals surface area contributed by atoms with Crippen LogP contribution < -0.4 is 14.8 Å². The smallest absolute Gasteiger partial charge is 0.247 e. The molecule has 0 saturated carbocycles. The van der Waals surface area contributed by atoms with Crippen LogP contribution in [0.25, 0.3) is 11.4 Å². The monoisotopic (exact) mass is 464 g/mol. The fraction of sp³-hybridized carbons (Fsp3) is 0.360. The maximum absolute atomic E-state index is 12.8. The molecule has 2 heterocycles. The maximum atomic E-state index is 12.8. The van der Waals surface area contributed by atoms with Gasteiger partial charge in [0, 0.05) is 30.6 Å². The SMILES string of the molecule is COc1ccc(NC(=O)C2CCCN2C(=O)CCCc2nc(-c3ccc(OC)cc3)no2)cc1. The van der Waals surface area contributed by atoms with Gasteiger partial charge < -0.3 is 24.2 Å². The number of carbonyl (C=O) groups excluding carboxylic acids is 2. The minimum Gasteiger partial charge on any atom is -0.497 e. The molecule has 2 amide bonds. The highest BCUT2D eigenvalue weighted by atomic mass is 16.5. The van der Waals surface area contributed by atoms with Gasteiger partial charge in [0.1, 0.15) is 17.5 Å². The van der Waals surface area contributed by atoms with Crippen LogP contribution in [0.1, 0.15) is 31.6 Å². The summed E-state index contributed by atoms with van der Waals surface area (Å²) in [5.41, 5.74) is 1.50. The Bertz CT molecular complexity index is 1110. The van der Waals surface area contributed by atoms with Crippen molar-refractivity contribution in [3.8, 4) is 22.9 Å². The predicted molar refractivity (Wildman–Crippen MR) is 126 cm³/mol. The number of methoxy groups -OCH3 is 2. The number of likely N-dealkylation sites (tertiary alicyclic amines) is 1. The summed E-state index contributed by atoms with van der Waals surface area (Å²) in [6, 6.07) is 14.1. The van der Waals surface area contributed by atoms with Crippen molar-refractivity contribution in [3.05, 3.63) is 54.4 Å². The van der Waals surface area contributed by atoms with Crippen molar-refractivity contribution in [2.24, 2.45) is 0 Å². The van der Waals surface area contributed by atoms with Crippen LogP contribution in [0, 0.1) is 0 Å². The third kappa shape index (κ3) is 5.54. The van der Waals surface area contributed by atoms with Crippen LogP contribution in [0.15, 0.2) is 53.1 Å². The molecule has 0 spiro atoms. The molecule has 1 unspecified atom stereocenters. The van der Waals surface area contributed by atoms with E-state index < -0.39 is 6.04 Å². The molecule has 3 aromatic rings. The molecule has 0 radical (unpaired) electrons. The summed E-state index contributed by atoms with van der Waals surface area (Å²) in [6.45, 7) is 0.585. The Morgan fingerprint density at radius 2 is 1.74 bits per heavy atom. The molecule has 4 rings (SSSR count). The van der Waals surface area contributed by atoms with E-state index in [1.165, 1.54) is 0 Å². The Morgan fingerprint density at radius 1 is 1.06 bits per heavy atom. The van der Waals surface area contributed by atoms with Crippen molar-refractivity contribution in [2.75, 3.05) is 26.1 Å². The first kappa shape index (κ1) is 23.3. The van der Waals surface area contributed by atoms with E-state index in [1.807, 2.05) is 24.3 Å². The number of amides is 2. The second kappa shape index (κ2) is 10.8.